The van der Waals surface area contributed by atoms with Crippen molar-refractivity contribution in [3.8, 4) is 5.75 Å². The lowest BCUT2D eigenvalue weighted by atomic mass is 10.2. The van der Waals surface area contributed by atoms with Gasteiger partial charge in [0.05, 0.1) is 5.56 Å². The van der Waals surface area contributed by atoms with Crippen molar-refractivity contribution in [1.82, 2.24) is 0 Å². The number of halogens is 1. The molecule has 0 saturated carbocycles. The predicted molar refractivity (Wildman–Crippen MR) is 64.5 cm³/mol. The minimum Gasteiger partial charge on any atom is -0.489 e. The van der Waals surface area contributed by atoms with Gasteiger partial charge in [-0.1, -0.05) is 29.4 Å². The summed E-state index contributed by atoms with van der Waals surface area (Å²) in [6.45, 7) is 6.32. The van der Waals surface area contributed by atoms with Crippen molar-refractivity contribution in [3.63, 3.8) is 0 Å². The molecule has 0 aliphatic rings. The fourth-order valence-corrected chi connectivity index (χ4v) is 1.40. The molecule has 0 unspecified atom stereocenters. The lowest BCUT2D eigenvalue weighted by Crippen LogP contribution is -2.01. The molecule has 1 rings (SSSR count). The first kappa shape index (κ1) is 12.0. The average Bonchev–Trinajstić information content (AvgIpc) is 2.26. The first-order valence-corrected chi connectivity index (χ1v) is 5.50. The molecule has 0 aliphatic heterocycles. The second-order valence-electron chi connectivity index (χ2n) is 3.19. The van der Waals surface area contributed by atoms with Crippen LogP contribution in [-0.4, -0.2) is 12.9 Å². The second-order valence-corrected chi connectivity index (χ2v) is 4.11. The highest BCUT2D eigenvalue weighted by Crippen LogP contribution is 2.22. The maximum absolute atomic E-state index is 10.8. The number of ether oxygens (including phenoxy) is 1. The fourth-order valence-electron chi connectivity index (χ4n) is 1.02. The highest BCUT2D eigenvalue weighted by molar-refractivity contribution is 9.10. The zero-order chi connectivity index (χ0) is 11.3. The van der Waals surface area contributed by atoms with Crippen molar-refractivity contribution in [3.05, 3.63) is 40.4 Å². The van der Waals surface area contributed by atoms with Crippen molar-refractivity contribution in [2.75, 3.05) is 6.61 Å². The first-order valence-electron chi connectivity index (χ1n) is 4.71. The molecule has 0 heterocycles. The fraction of sp³-hybridized carbons (Fsp3) is 0.250. The molecule has 15 heavy (non-hydrogen) atoms. The van der Waals surface area contributed by atoms with Gasteiger partial charge in [-0.2, -0.15) is 0 Å². The molecule has 0 N–H and O–H groups in total. The largest absolute Gasteiger partial charge is 0.489 e. The van der Waals surface area contributed by atoms with Crippen LogP contribution >= 0.6 is 15.9 Å². The molecule has 0 spiro atoms. The maximum atomic E-state index is 10.8. The monoisotopic (exact) mass is 268 g/mol. The summed E-state index contributed by atoms with van der Waals surface area (Å²) < 4.78 is 6.35. The molecule has 1 aromatic rings. The first-order chi connectivity index (χ1) is 7.17. The summed E-state index contributed by atoms with van der Waals surface area (Å²) in [7, 11) is 0. The van der Waals surface area contributed by atoms with Gasteiger partial charge < -0.3 is 4.74 Å². The highest BCUT2D eigenvalue weighted by atomic mass is 79.9. The number of aldehydes is 1. The van der Waals surface area contributed by atoms with Crippen molar-refractivity contribution in [2.45, 2.75) is 13.3 Å². The van der Waals surface area contributed by atoms with E-state index in [0.717, 1.165) is 22.8 Å². The van der Waals surface area contributed by atoms with E-state index in [-0.39, 0.29) is 0 Å². The van der Waals surface area contributed by atoms with E-state index in [4.69, 9.17) is 4.74 Å². The third-order valence-corrected chi connectivity index (χ3v) is 2.52. The number of carbonyl (C=O) groups is 1. The molecule has 0 bridgehead atoms. The molecule has 0 aromatic heterocycles. The molecule has 0 atom stereocenters. The summed E-state index contributed by atoms with van der Waals surface area (Å²) in [6, 6.07) is 5.35. The lowest BCUT2D eigenvalue weighted by Gasteiger charge is -2.09. The van der Waals surface area contributed by atoms with Gasteiger partial charge in [0.2, 0.25) is 0 Å². The third-order valence-electron chi connectivity index (χ3n) is 2.03. The Morgan fingerprint density at radius 2 is 2.33 bits per heavy atom. The van der Waals surface area contributed by atoms with Crippen LogP contribution in [0.25, 0.3) is 0 Å². The quantitative estimate of drug-likeness (QED) is 0.603. The Morgan fingerprint density at radius 3 is 2.93 bits per heavy atom. The number of benzene rings is 1. The minimum absolute atomic E-state index is 0.457. The normalized spacial score (nSPS) is 9.73. The van der Waals surface area contributed by atoms with E-state index in [2.05, 4.69) is 22.5 Å². The van der Waals surface area contributed by atoms with E-state index >= 15 is 0 Å². The Labute approximate surface area is 98.1 Å². The van der Waals surface area contributed by atoms with Crippen molar-refractivity contribution in [2.24, 2.45) is 0 Å². The molecule has 0 fully saturated rings. The van der Waals surface area contributed by atoms with Gasteiger partial charge in [-0.3, -0.25) is 4.79 Å². The molecular formula is C12H13BrO2. The van der Waals surface area contributed by atoms with Crippen LogP contribution in [0.2, 0.25) is 0 Å². The van der Waals surface area contributed by atoms with Crippen molar-refractivity contribution < 1.29 is 9.53 Å². The van der Waals surface area contributed by atoms with E-state index < -0.39 is 0 Å². The molecule has 0 aliphatic carbocycles. The van der Waals surface area contributed by atoms with Crippen LogP contribution in [0.15, 0.2) is 34.8 Å². The second kappa shape index (κ2) is 5.71. The minimum atomic E-state index is 0.457. The molecular weight excluding hydrogens is 256 g/mol. The Balaban J connectivity index is 2.76. The predicted octanol–water partition coefficient (Wildman–Crippen LogP) is 3.61. The Hall–Kier alpha value is -1.09. The molecule has 0 radical (unpaired) electrons. The molecule has 0 saturated heterocycles. The standard InChI is InChI=1S/C12H13BrO2/c1-3-9(2)8-15-12-5-4-11(13)6-10(12)7-14/h4-7H,2-3,8H2,1H3. The number of hydrogen-bond donors (Lipinski definition) is 0. The molecule has 1 aromatic carbocycles. The Bertz CT molecular complexity index is 372. The number of carbonyl (C=O) groups excluding carboxylic acids is 1. The van der Waals surface area contributed by atoms with E-state index in [1.807, 2.05) is 13.0 Å². The van der Waals surface area contributed by atoms with Gasteiger partial charge in [0, 0.05) is 4.47 Å². The summed E-state index contributed by atoms with van der Waals surface area (Å²) >= 11 is 3.30. The van der Waals surface area contributed by atoms with Gasteiger partial charge in [0.25, 0.3) is 0 Å². The van der Waals surface area contributed by atoms with Gasteiger partial charge in [0.1, 0.15) is 12.4 Å². The molecule has 2 nitrogen and oxygen atoms in total. The van der Waals surface area contributed by atoms with Gasteiger partial charge in [-0.25, -0.2) is 0 Å². The van der Waals surface area contributed by atoms with Crippen molar-refractivity contribution in [1.29, 1.82) is 0 Å². The SMILES string of the molecule is C=C(CC)COc1ccc(Br)cc1C=O. The van der Waals surface area contributed by atoms with E-state index in [1.165, 1.54) is 0 Å². The van der Waals surface area contributed by atoms with Crippen LogP contribution in [0.1, 0.15) is 23.7 Å². The maximum Gasteiger partial charge on any atom is 0.153 e. The Kier molecular flexibility index (Phi) is 4.56. The number of hydrogen-bond acceptors (Lipinski definition) is 2. The topological polar surface area (TPSA) is 26.3 Å². The van der Waals surface area contributed by atoms with Crippen LogP contribution in [0, 0.1) is 0 Å². The van der Waals surface area contributed by atoms with E-state index in [9.17, 15) is 4.79 Å². The zero-order valence-electron chi connectivity index (χ0n) is 8.63. The van der Waals surface area contributed by atoms with Crippen LogP contribution in [0.4, 0.5) is 0 Å². The summed E-state index contributed by atoms with van der Waals surface area (Å²) in [5.41, 5.74) is 1.56. The molecule has 3 heteroatoms. The van der Waals surface area contributed by atoms with Crippen LogP contribution < -0.4 is 4.74 Å². The van der Waals surface area contributed by atoms with Crippen LogP contribution in [-0.2, 0) is 0 Å². The van der Waals surface area contributed by atoms with E-state index in [1.54, 1.807) is 12.1 Å². The summed E-state index contributed by atoms with van der Waals surface area (Å²) in [5, 5.41) is 0. The smallest absolute Gasteiger partial charge is 0.153 e. The van der Waals surface area contributed by atoms with E-state index in [0.29, 0.717) is 17.9 Å². The summed E-state index contributed by atoms with van der Waals surface area (Å²) in [6.07, 6.45) is 1.67. The van der Waals surface area contributed by atoms with Gasteiger partial charge in [-0.15, -0.1) is 0 Å². The number of rotatable bonds is 5. The van der Waals surface area contributed by atoms with Gasteiger partial charge in [-0.05, 0) is 30.2 Å². The lowest BCUT2D eigenvalue weighted by molar-refractivity contribution is 0.112. The Morgan fingerprint density at radius 1 is 1.60 bits per heavy atom. The van der Waals surface area contributed by atoms with Crippen molar-refractivity contribution >= 4 is 22.2 Å². The van der Waals surface area contributed by atoms with Crippen LogP contribution in [0.3, 0.4) is 0 Å². The zero-order valence-corrected chi connectivity index (χ0v) is 10.2. The van der Waals surface area contributed by atoms with Gasteiger partial charge >= 0.3 is 0 Å². The highest BCUT2D eigenvalue weighted by Gasteiger charge is 2.03. The van der Waals surface area contributed by atoms with Crippen LogP contribution in [0.5, 0.6) is 5.75 Å². The average molecular weight is 269 g/mol. The summed E-state index contributed by atoms with van der Waals surface area (Å²) in [4.78, 5) is 10.8. The molecule has 0 amide bonds. The molecule has 80 valence electrons. The van der Waals surface area contributed by atoms with Gasteiger partial charge in [0.15, 0.2) is 6.29 Å². The summed E-state index contributed by atoms with van der Waals surface area (Å²) in [5.74, 6) is 0.600. The third kappa shape index (κ3) is 3.51.